The Hall–Kier alpha value is -3.25. The van der Waals surface area contributed by atoms with Crippen LogP contribution in [-0.4, -0.2) is 16.8 Å². The zero-order valence-electron chi connectivity index (χ0n) is 15.0. The van der Waals surface area contributed by atoms with Gasteiger partial charge in [0.25, 0.3) is 11.7 Å². The van der Waals surface area contributed by atoms with Crippen molar-refractivity contribution < 1.29 is 19.1 Å². The van der Waals surface area contributed by atoms with Crippen LogP contribution in [0.5, 0.6) is 0 Å². The van der Waals surface area contributed by atoms with Gasteiger partial charge in [0.2, 0.25) is 0 Å². The summed E-state index contributed by atoms with van der Waals surface area (Å²) in [6, 6.07) is 20.0. The monoisotopic (exact) mass is 451 g/mol. The van der Waals surface area contributed by atoms with Gasteiger partial charge in [0.15, 0.2) is 0 Å². The Bertz CT molecular complexity index is 1130. The highest BCUT2D eigenvalue weighted by atomic mass is 79.9. The number of aliphatic hydroxyl groups is 1. The number of rotatable bonds is 3. The van der Waals surface area contributed by atoms with Crippen molar-refractivity contribution in [2.75, 3.05) is 4.90 Å². The average molecular weight is 452 g/mol. The summed E-state index contributed by atoms with van der Waals surface area (Å²) in [4.78, 5) is 27.1. The van der Waals surface area contributed by atoms with Crippen LogP contribution in [0.3, 0.4) is 0 Å². The second-order valence-corrected chi connectivity index (χ2v) is 7.45. The number of halogens is 2. The van der Waals surface area contributed by atoms with E-state index in [4.69, 9.17) is 0 Å². The molecule has 1 aliphatic heterocycles. The fraction of sp³-hybridized carbons (Fsp3) is 0.0435. The van der Waals surface area contributed by atoms with Crippen molar-refractivity contribution in [2.24, 2.45) is 0 Å². The molecule has 1 N–H and O–H groups in total. The first kappa shape index (κ1) is 19.1. The number of hydrogen-bond acceptors (Lipinski definition) is 3. The van der Waals surface area contributed by atoms with Crippen LogP contribution in [0.15, 0.2) is 88.9 Å². The Balaban J connectivity index is 1.97. The van der Waals surface area contributed by atoms with Crippen molar-refractivity contribution >= 4 is 39.1 Å². The van der Waals surface area contributed by atoms with Gasteiger partial charge in [0.05, 0.1) is 11.6 Å². The first-order valence-electron chi connectivity index (χ1n) is 8.85. The molecule has 0 aromatic heterocycles. The molecule has 0 unspecified atom stereocenters. The molecule has 0 radical (unpaired) electrons. The van der Waals surface area contributed by atoms with Crippen LogP contribution in [0.25, 0.3) is 5.76 Å². The average Bonchev–Trinajstić information content (AvgIpc) is 3.00. The van der Waals surface area contributed by atoms with E-state index in [-0.39, 0.29) is 16.9 Å². The predicted octanol–water partition coefficient (Wildman–Crippen LogP) is 5.21. The molecule has 3 aromatic carbocycles. The number of Topliss-reactive ketones (excluding diaryl/α,β-unsaturated/α-hetero) is 1. The summed E-state index contributed by atoms with van der Waals surface area (Å²) in [6.45, 7) is 0. The first-order valence-corrected chi connectivity index (χ1v) is 9.64. The molecule has 4 rings (SSSR count). The summed E-state index contributed by atoms with van der Waals surface area (Å²) >= 11 is 3.34. The molecule has 4 nitrogen and oxygen atoms in total. The van der Waals surface area contributed by atoms with Crippen molar-refractivity contribution in [1.29, 1.82) is 0 Å². The maximum absolute atomic E-state index is 14.7. The third-order valence-corrected chi connectivity index (χ3v) is 5.32. The van der Waals surface area contributed by atoms with E-state index in [1.165, 1.54) is 23.1 Å². The predicted molar refractivity (Wildman–Crippen MR) is 112 cm³/mol. The number of benzene rings is 3. The summed E-state index contributed by atoms with van der Waals surface area (Å²) in [5.74, 6) is -2.59. The molecule has 0 spiro atoms. The van der Waals surface area contributed by atoms with Crippen LogP contribution in [0.1, 0.15) is 17.2 Å². The summed E-state index contributed by atoms with van der Waals surface area (Å²) in [6.07, 6.45) is 0. The van der Waals surface area contributed by atoms with E-state index >= 15 is 0 Å². The quantitative estimate of drug-likeness (QED) is 0.337. The highest BCUT2D eigenvalue weighted by molar-refractivity contribution is 9.10. The molecule has 6 heteroatoms. The molecule has 1 amide bonds. The van der Waals surface area contributed by atoms with Crippen LogP contribution in [0.4, 0.5) is 10.1 Å². The van der Waals surface area contributed by atoms with Crippen molar-refractivity contribution in [3.05, 3.63) is 106 Å². The van der Waals surface area contributed by atoms with Crippen LogP contribution in [0, 0.1) is 5.82 Å². The van der Waals surface area contributed by atoms with Gasteiger partial charge in [-0.2, -0.15) is 0 Å². The standard InChI is InChI=1S/C23H15BrFNO3/c24-15-10-12-16(13-11-15)26-20(17-8-4-5-9-18(17)25)19(22(28)23(26)29)21(27)14-6-2-1-3-7-14/h1-13,20,27H/b21-19+/t20-/m0/s1. The van der Waals surface area contributed by atoms with Gasteiger partial charge in [-0.15, -0.1) is 0 Å². The van der Waals surface area contributed by atoms with E-state index in [1.807, 2.05) is 0 Å². The Labute approximate surface area is 175 Å². The van der Waals surface area contributed by atoms with E-state index < -0.39 is 23.5 Å². The lowest BCUT2D eigenvalue weighted by Crippen LogP contribution is -2.29. The van der Waals surface area contributed by atoms with Crippen molar-refractivity contribution in [2.45, 2.75) is 6.04 Å². The van der Waals surface area contributed by atoms with Gasteiger partial charge in [-0.05, 0) is 30.3 Å². The van der Waals surface area contributed by atoms with Crippen LogP contribution in [-0.2, 0) is 9.59 Å². The molecule has 1 saturated heterocycles. The minimum atomic E-state index is -1.09. The number of anilines is 1. The lowest BCUT2D eigenvalue weighted by Gasteiger charge is -2.25. The molecular weight excluding hydrogens is 437 g/mol. The van der Waals surface area contributed by atoms with Gasteiger partial charge in [-0.3, -0.25) is 14.5 Å². The second-order valence-electron chi connectivity index (χ2n) is 6.53. The number of hydrogen-bond donors (Lipinski definition) is 1. The Morgan fingerprint density at radius 3 is 2.17 bits per heavy atom. The Morgan fingerprint density at radius 1 is 0.897 bits per heavy atom. The molecule has 0 bridgehead atoms. The summed E-state index contributed by atoms with van der Waals surface area (Å²) < 4.78 is 15.5. The van der Waals surface area contributed by atoms with Crippen molar-refractivity contribution in [3.63, 3.8) is 0 Å². The van der Waals surface area contributed by atoms with Gasteiger partial charge < -0.3 is 5.11 Å². The number of carbonyl (C=O) groups is 2. The zero-order chi connectivity index (χ0) is 20.5. The van der Waals surface area contributed by atoms with Crippen LogP contribution < -0.4 is 4.90 Å². The van der Waals surface area contributed by atoms with Gasteiger partial charge >= 0.3 is 0 Å². The molecule has 1 atom stereocenters. The number of carbonyl (C=O) groups excluding carboxylic acids is 2. The second kappa shape index (κ2) is 7.64. The number of ketones is 1. The van der Waals surface area contributed by atoms with Gasteiger partial charge in [0.1, 0.15) is 11.6 Å². The van der Waals surface area contributed by atoms with E-state index in [2.05, 4.69) is 15.9 Å². The molecule has 3 aromatic rings. The third kappa shape index (κ3) is 3.36. The number of amides is 1. The van der Waals surface area contributed by atoms with E-state index in [1.54, 1.807) is 60.7 Å². The molecule has 29 heavy (non-hydrogen) atoms. The smallest absolute Gasteiger partial charge is 0.300 e. The number of aliphatic hydroxyl groups excluding tert-OH is 1. The topological polar surface area (TPSA) is 57.6 Å². The molecule has 1 fully saturated rings. The maximum Gasteiger partial charge on any atom is 0.300 e. The lowest BCUT2D eigenvalue weighted by atomic mass is 9.95. The van der Waals surface area contributed by atoms with Crippen LogP contribution >= 0.6 is 15.9 Å². The molecule has 144 valence electrons. The molecule has 0 saturated carbocycles. The van der Waals surface area contributed by atoms with Gasteiger partial charge in [-0.1, -0.05) is 64.5 Å². The third-order valence-electron chi connectivity index (χ3n) is 4.80. The molecule has 0 aliphatic carbocycles. The largest absolute Gasteiger partial charge is 0.507 e. The minimum Gasteiger partial charge on any atom is -0.507 e. The maximum atomic E-state index is 14.7. The van der Waals surface area contributed by atoms with Crippen molar-refractivity contribution in [3.8, 4) is 0 Å². The van der Waals surface area contributed by atoms with E-state index in [9.17, 15) is 19.1 Å². The Kier molecular flexibility index (Phi) is 5.03. The number of nitrogens with zero attached hydrogens (tertiary/aromatic N) is 1. The normalized spacial score (nSPS) is 18.3. The van der Waals surface area contributed by atoms with Crippen LogP contribution in [0.2, 0.25) is 0 Å². The molecular formula is C23H15BrFNO3. The van der Waals surface area contributed by atoms with Gasteiger partial charge in [-0.25, -0.2) is 4.39 Å². The van der Waals surface area contributed by atoms with E-state index in [0.717, 1.165) is 4.47 Å². The van der Waals surface area contributed by atoms with E-state index in [0.29, 0.717) is 11.3 Å². The highest BCUT2D eigenvalue weighted by Gasteiger charge is 2.47. The Morgan fingerprint density at radius 2 is 1.52 bits per heavy atom. The van der Waals surface area contributed by atoms with Crippen molar-refractivity contribution in [1.82, 2.24) is 0 Å². The fourth-order valence-electron chi connectivity index (χ4n) is 3.44. The lowest BCUT2D eigenvalue weighted by molar-refractivity contribution is -0.132. The summed E-state index contributed by atoms with van der Waals surface area (Å²) in [7, 11) is 0. The SMILES string of the molecule is O=C1C(=O)N(c2ccc(Br)cc2)[C@@H](c2ccccc2F)/C1=C(\O)c1ccccc1. The zero-order valence-corrected chi connectivity index (χ0v) is 16.6. The molecule has 1 aliphatic rings. The first-order chi connectivity index (χ1) is 14.0. The summed E-state index contributed by atoms with van der Waals surface area (Å²) in [5, 5.41) is 10.9. The summed E-state index contributed by atoms with van der Waals surface area (Å²) in [5.41, 5.74) is 0.791. The molecule has 1 heterocycles. The van der Waals surface area contributed by atoms with Gasteiger partial charge in [0, 0.05) is 21.3 Å². The fourth-order valence-corrected chi connectivity index (χ4v) is 3.71. The highest BCUT2D eigenvalue weighted by Crippen LogP contribution is 2.42. The minimum absolute atomic E-state index is 0.132.